The lowest BCUT2D eigenvalue weighted by molar-refractivity contribution is -0.142. The first kappa shape index (κ1) is 16.4. The van der Waals surface area contributed by atoms with Crippen molar-refractivity contribution in [2.24, 2.45) is 14.1 Å². The predicted octanol–water partition coefficient (Wildman–Crippen LogP) is -1.29. The van der Waals surface area contributed by atoms with Gasteiger partial charge in [0.2, 0.25) is 0 Å². The predicted molar refractivity (Wildman–Crippen MR) is 76.1 cm³/mol. The number of sulfonamides is 1. The van der Waals surface area contributed by atoms with Crippen molar-refractivity contribution in [2.75, 3.05) is 6.54 Å². The van der Waals surface area contributed by atoms with Crippen LogP contribution in [0.1, 0.15) is 19.3 Å². The summed E-state index contributed by atoms with van der Waals surface area (Å²) in [7, 11) is -1.79. The average molecular weight is 331 g/mol. The standard InChI is InChI=1S/C12H17N3O6S/c1-13-7-9(10(16)14(2)12(13)19)22(20,21)15-6-4-3-5-8(15)11(17)18/h7-8H,3-6H2,1-2H3,(H,17,18). The van der Waals surface area contributed by atoms with E-state index in [2.05, 4.69) is 0 Å². The Morgan fingerprint density at radius 3 is 2.50 bits per heavy atom. The summed E-state index contributed by atoms with van der Waals surface area (Å²) in [5.41, 5.74) is -1.62. The highest BCUT2D eigenvalue weighted by Crippen LogP contribution is 2.23. The molecule has 1 aromatic heterocycles. The molecule has 1 saturated heterocycles. The largest absolute Gasteiger partial charge is 0.480 e. The van der Waals surface area contributed by atoms with E-state index in [-0.39, 0.29) is 13.0 Å². The second-order valence-electron chi connectivity index (χ2n) is 5.22. The molecular formula is C12H17N3O6S. The Morgan fingerprint density at radius 2 is 1.91 bits per heavy atom. The topological polar surface area (TPSA) is 119 Å². The van der Waals surface area contributed by atoms with E-state index >= 15 is 0 Å². The molecule has 0 saturated carbocycles. The molecule has 0 radical (unpaired) electrons. The van der Waals surface area contributed by atoms with E-state index in [0.717, 1.165) is 15.1 Å². The smallest absolute Gasteiger partial charge is 0.330 e. The van der Waals surface area contributed by atoms with Gasteiger partial charge in [0.15, 0.2) is 4.90 Å². The van der Waals surface area contributed by atoms with E-state index in [9.17, 15) is 27.9 Å². The van der Waals surface area contributed by atoms with Gasteiger partial charge in [-0.25, -0.2) is 13.2 Å². The number of aromatic nitrogens is 2. The van der Waals surface area contributed by atoms with Crippen molar-refractivity contribution in [1.82, 2.24) is 13.4 Å². The molecule has 1 N–H and O–H groups in total. The van der Waals surface area contributed by atoms with E-state index in [1.165, 1.54) is 14.1 Å². The maximum atomic E-state index is 12.7. The van der Waals surface area contributed by atoms with Gasteiger partial charge in [0, 0.05) is 26.8 Å². The Balaban J connectivity index is 2.62. The maximum Gasteiger partial charge on any atom is 0.330 e. The molecule has 0 aromatic carbocycles. The third kappa shape index (κ3) is 2.59. The number of nitrogens with zero attached hydrogens (tertiary/aromatic N) is 3. The molecule has 0 amide bonds. The Labute approximate surface area is 126 Å². The summed E-state index contributed by atoms with van der Waals surface area (Å²) >= 11 is 0. The lowest BCUT2D eigenvalue weighted by Crippen LogP contribution is -2.50. The van der Waals surface area contributed by atoms with Crippen LogP contribution in [0.4, 0.5) is 0 Å². The van der Waals surface area contributed by atoms with Gasteiger partial charge >= 0.3 is 11.7 Å². The molecule has 0 bridgehead atoms. The third-order valence-electron chi connectivity index (χ3n) is 3.74. The van der Waals surface area contributed by atoms with Gasteiger partial charge in [-0.1, -0.05) is 0 Å². The molecular weight excluding hydrogens is 314 g/mol. The van der Waals surface area contributed by atoms with Crippen LogP contribution in [-0.4, -0.2) is 45.5 Å². The van der Waals surface area contributed by atoms with Gasteiger partial charge in [-0.2, -0.15) is 4.31 Å². The number of aryl methyl sites for hydroxylation is 1. The highest BCUT2D eigenvalue weighted by atomic mass is 32.2. The van der Waals surface area contributed by atoms with Crippen LogP contribution in [0.2, 0.25) is 0 Å². The lowest BCUT2D eigenvalue weighted by Gasteiger charge is -2.31. The Morgan fingerprint density at radius 1 is 1.27 bits per heavy atom. The van der Waals surface area contributed by atoms with Gasteiger partial charge in [0.05, 0.1) is 0 Å². The highest BCUT2D eigenvalue weighted by Gasteiger charge is 2.39. The van der Waals surface area contributed by atoms with Gasteiger partial charge in [-0.05, 0) is 19.3 Å². The molecule has 1 aromatic rings. The molecule has 9 nitrogen and oxygen atoms in total. The lowest BCUT2D eigenvalue weighted by atomic mass is 10.1. The molecule has 122 valence electrons. The second-order valence-corrected chi connectivity index (χ2v) is 7.08. The number of piperidine rings is 1. The van der Waals surface area contributed by atoms with Crippen molar-refractivity contribution >= 4 is 16.0 Å². The summed E-state index contributed by atoms with van der Waals surface area (Å²) < 4.78 is 27.8. The number of hydrogen-bond donors (Lipinski definition) is 1. The van der Waals surface area contributed by atoms with Crippen LogP contribution in [0.3, 0.4) is 0 Å². The molecule has 22 heavy (non-hydrogen) atoms. The first-order chi connectivity index (χ1) is 10.2. The van der Waals surface area contributed by atoms with Crippen molar-refractivity contribution in [3.05, 3.63) is 27.0 Å². The molecule has 1 aliphatic rings. The summed E-state index contributed by atoms with van der Waals surface area (Å²) in [4.78, 5) is 34.4. The number of aliphatic carboxylic acids is 1. The Kier molecular flexibility index (Phi) is 4.25. The van der Waals surface area contributed by atoms with E-state index < -0.39 is 38.2 Å². The van der Waals surface area contributed by atoms with Gasteiger partial charge in [0.1, 0.15) is 6.04 Å². The van der Waals surface area contributed by atoms with E-state index in [1.807, 2.05) is 0 Å². The van der Waals surface area contributed by atoms with Gasteiger partial charge < -0.3 is 9.67 Å². The van der Waals surface area contributed by atoms with Crippen molar-refractivity contribution in [3.8, 4) is 0 Å². The van der Waals surface area contributed by atoms with Crippen LogP contribution in [-0.2, 0) is 28.9 Å². The minimum absolute atomic E-state index is 0.0330. The van der Waals surface area contributed by atoms with Crippen molar-refractivity contribution in [3.63, 3.8) is 0 Å². The van der Waals surface area contributed by atoms with Crippen LogP contribution in [0.5, 0.6) is 0 Å². The third-order valence-corrected chi connectivity index (χ3v) is 5.63. The number of carboxylic acid groups (broad SMARTS) is 1. The highest BCUT2D eigenvalue weighted by molar-refractivity contribution is 7.89. The van der Waals surface area contributed by atoms with Gasteiger partial charge in [0.25, 0.3) is 15.6 Å². The van der Waals surface area contributed by atoms with Crippen molar-refractivity contribution < 1.29 is 18.3 Å². The fourth-order valence-electron chi connectivity index (χ4n) is 2.52. The SMILES string of the molecule is Cn1cc(S(=O)(=O)N2CCCCC2C(=O)O)c(=O)n(C)c1=O. The van der Waals surface area contributed by atoms with Crippen LogP contribution in [0.25, 0.3) is 0 Å². The normalized spacial score (nSPS) is 20.0. The van der Waals surface area contributed by atoms with Crippen LogP contribution in [0, 0.1) is 0 Å². The van der Waals surface area contributed by atoms with Gasteiger partial charge in [-0.15, -0.1) is 0 Å². The zero-order valence-electron chi connectivity index (χ0n) is 12.2. The fraction of sp³-hybridized carbons (Fsp3) is 0.583. The fourth-order valence-corrected chi connectivity index (χ4v) is 4.32. The first-order valence-corrected chi connectivity index (χ1v) is 8.13. The number of carbonyl (C=O) groups is 1. The Hall–Kier alpha value is -1.94. The van der Waals surface area contributed by atoms with Gasteiger partial charge in [-0.3, -0.25) is 14.2 Å². The molecule has 0 aliphatic carbocycles. The minimum Gasteiger partial charge on any atom is -0.480 e. The molecule has 2 heterocycles. The molecule has 10 heteroatoms. The van der Waals surface area contributed by atoms with Crippen molar-refractivity contribution in [2.45, 2.75) is 30.2 Å². The van der Waals surface area contributed by atoms with Crippen LogP contribution in [0.15, 0.2) is 20.7 Å². The second kappa shape index (κ2) is 5.69. The zero-order valence-corrected chi connectivity index (χ0v) is 13.0. The Bertz CT molecular complexity index is 822. The summed E-state index contributed by atoms with van der Waals surface area (Å²) in [6, 6.07) is -1.19. The van der Waals surface area contributed by atoms with E-state index in [0.29, 0.717) is 17.4 Å². The monoisotopic (exact) mass is 331 g/mol. The molecule has 1 fully saturated rings. The molecule has 1 atom stereocenters. The van der Waals surface area contributed by atoms with Crippen molar-refractivity contribution in [1.29, 1.82) is 0 Å². The van der Waals surface area contributed by atoms with Crippen LogP contribution >= 0.6 is 0 Å². The summed E-state index contributed by atoms with van der Waals surface area (Å²) in [5, 5.41) is 9.20. The summed E-state index contributed by atoms with van der Waals surface area (Å²) in [6.45, 7) is 0.0330. The molecule has 2 rings (SSSR count). The summed E-state index contributed by atoms with van der Waals surface area (Å²) in [6.07, 6.45) is 2.26. The number of hydrogen-bond acceptors (Lipinski definition) is 5. The zero-order chi connectivity index (χ0) is 16.7. The number of rotatable bonds is 3. The quantitative estimate of drug-likeness (QED) is 0.736. The van der Waals surface area contributed by atoms with Crippen LogP contribution < -0.4 is 11.2 Å². The average Bonchev–Trinajstić information content (AvgIpc) is 2.48. The first-order valence-electron chi connectivity index (χ1n) is 6.69. The molecule has 1 unspecified atom stereocenters. The van der Waals surface area contributed by atoms with E-state index in [4.69, 9.17) is 0 Å². The van der Waals surface area contributed by atoms with E-state index in [1.54, 1.807) is 0 Å². The molecule has 1 aliphatic heterocycles. The minimum atomic E-state index is -4.29. The molecule has 0 spiro atoms. The number of carboxylic acids is 1. The summed E-state index contributed by atoms with van der Waals surface area (Å²) in [5.74, 6) is -1.25. The maximum absolute atomic E-state index is 12.7.